The van der Waals surface area contributed by atoms with Gasteiger partial charge in [-0.05, 0) is 71.8 Å². The Morgan fingerprint density at radius 1 is 1.10 bits per heavy atom. The van der Waals surface area contributed by atoms with Gasteiger partial charge in [0.05, 0.1) is 6.10 Å². The highest BCUT2D eigenvalue weighted by Gasteiger charge is 2.25. The van der Waals surface area contributed by atoms with Crippen LogP contribution in [0.3, 0.4) is 0 Å². The lowest BCUT2D eigenvalue weighted by Crippen LogP contribution is -2.53. The van der Waals surface area contributed by atoms with Gasteiger partial charge in [0.25, 0.3) is 0 Å². The van der Waals surface area contributed by atoms with Crippen molar-refractivity contribution in [3.63, 3.8) is 0 Å². The van der Waals surface area contributed by atoms with Gasteiger partial charge in [-0.1, -0.05) is 0 Å². The van der Waals surface area contributed by atoms with E-state index in [-0.39, 0.29) is 0 Å². The molecule has 0 amide bonds. The molecule has 0 aromatic heterocycles. The summed E-state index contributed by atoms with van der Waals surface area (Å²) < 4.78 is 5.47. The van der Waals surface area contributed by atoms with Crippen molar-refractivity contribution in [2.45, 2.75) is 77.5 Å². The minimum absolute atomic E-state index is 0.547. The Hall–Kier alpha value is -0.120. The molecule has 0 N–H and O–H groups in total. The highest BCUT2D eigenvalue weighted by molar-refractivity contribution is 4.81. The van der Waals surface area contributed by atoms with Crippen molar-refractivity contribution in [1.82, 2.24) is 9.80 Å². The van der Waals surface area contributed by atoms with E-state index in [1.54, 1.807) is 0 Å². The molecule has 0 aromatic rings. The Kier molecular flexibility index (Phi) is 6.97. The zero-order valence-electron chi connectivity index (χ0n) is 14.7. The van der Waals surface area contributed by atoms with Gasteiger partial charge in [-0.25, -0.2) is 0 Å². The first-order chi connectivity index (χ1) is 10.1. The van der Waals surface area contributed by atoms with E-state index in [1.807, 2.05) is 7.11 Å². The third kappa shape index (κ3) is 5.22. The summed E-state index contributed by atoms with van der Waals surface area (Å²) in [6.07, 6.45) is 8.69. The second kappa shape index (κ2) is 8.50. The molecule has 2 fully saturated rings. The summed E-state index contributed by atoms with van der Waals surface area (Å²) in [5.74, 6) is 0.962. The van der Waals surface area contributed by atoms with Gasteiger partial charge in [-0.3, -0.25) is 9.80 Å². The molecule has 1 heterocycles. The molecule has 124 valence electrons. The fourth-order valence-corrected chi connectivity index (χ4v) is 4.06. The third-order valence-electron chi connectivity index (χ3n) is 5.71. The van der Waals surface area contributed by atoms with Crippen molar-refractivity contribution in [1.29, 1.82) is 0 Å². The van der Waals surface area contributed by atoms with E-state index in [4.69, 9.17) is 4.74 Å². The molecule has 1 aliphatic carbocycles. The normalized spacial score (nSPS) is 32.7. The van der Waals surface area contributed by atoms with Gasteiger partial charge in [-0.2, -0.15) is 0 Å². The van der Waals surface area contributed by atoms with Crippen molar-refractivity contribution < 1.29 is 4.74 Å². The minimum atomic E-state index is 0.547. The number of hydrogen-bond donors (Lipinski definition) is 0. The summed E-state index contributed by atoms with van der Waals surface area (Å²) >= 11 is 0. The number of methoxy groups -OCH3 is 1. The van der Waals surface area contributed by atoms with Crippen molar-refractivity contribution in [3.8, 4) is 0 Å². The van der Waals surface area contributed by atoms with Gasteiger partial charge in [0.2, 0.25) is 0 Å². The van der Waals surface area contributed by atoms with E-state index in [2.05, 4.69) is 30.6 Å². The van der Waals surface area contributed by atoms with Gasteiger partial charge in [0.1, 0.15) is 0 Å². The standard InChI is InChI=1S/C18H36N2O/c1-15(2)20-13-12-19(16(3)14-20)11-5-6-17-7-9-18(21-4)10-8-17/h15-18H,5-14H2,1-4H3/t16-,17?,18?/m0/s1. The second-order valence-corrected chi connectivity index (χ2v) is 7.49. The maximum absolute atomic E-state index is 5.47. The van der Waals surface area contributed by atoms with Crippen LogP contribution in [-0.4, -0.2) is 61.3 Å². The minimum Gasteiger partial charge on any atom is -0.381 e. The molecule has 0 aromatic carbocycles. The van der Waals surface area contributed by atoms with Crippen molar-refractivity contribution in [2.24, 2.45) is 5.92 Å². The largest absolute Gasteiger partial charge is 0.381 e. The van der Waals surface area contributed by atoms with Crippen molar-refractivity contribution >= 4 is 0 Å². The van der Waals surface area contributed by atoms with Crippen LogP contribution in [0.1, 0.15) is 59.3 Å². The molecule has 0 unspecified atom stereocenters. The molecule has 3 nitrogen and oxygen atoms in total. The lowest BCUT2D eigenvalue weighted by molar-refractivity contribution is 0.0497. The van der Waals surface area contributed by atoms with Crippen LogP contribution < -0.4 is 0 Å². The molecule has 2 rings (SSSR count). The molecule has 0 spiro atoms. The summed E-state index contributed by atoms with van der Waals surface area (Å²) in [6, 6.07) is 1.43. The number of rotatable bonds is 6. The molecular weight excluding hydrogens is 260 g/mol. The molecule has 1 aliphatic heterocycles. The monoisotopic (exact) mass is 296 g/mol. The van der Waals surface area contributed by atoms with Gasteiger partial charge in [0.15, 0.2) is 0 Å². The molecular formula is C18H36N2O. The Morgan fingerprint density at radius 3 is 2.38 bits per heavy atom. The quantitative estimate of drug-likeness (QED) is 0.747. The fraction of sp³-hybridized carbons (Fsp3) is 1.00. The predicted molar refractivity (Wildman–Crippen MR) is 89.7 cm³/mol. The Labute approximate surface area is 132 Å². The Morgan fingerprint density at radius 2 is 1.81 bits per heavy atom. The molecule has 0 radical (unpaired) electrons. The van der Waals surface area contributed by atoms with Crippen LogP contribution in [0.4, 0.5) is 0 Å². The fourth-order valence-electron chi connectivity index (χ4n) is 4.06. The second-order valence-electron chi connectivity index (χ2n) is 7.49. The van der Waals surface area contributed by atoms with E-state index >= 15 is 0 Å². The SMILES string of the molecule is COC1CCC(CCCN2CCN(C(C)C)C[C@@H]2C)CC1. The molecule has 3 heteroatoms. The Balaban J connectivity index is 1.61. The highest BCUT2D eigenvalue weighted by atomic mass is 16.5. The summed E-state index contributed by atoms with van der Waals surface area (Å²) in [4.78, 5) is 5.33. The van der Waals surface area contributed by atoms with Gasteiger partial charge in [-0.15, -0.1) is 0 Å². The number of nitrogens with zero attached hydrogens (tertiary/aromatic N) is 2. The molecule has 1 atom stereocenters. The molecule has 21 heavy (non-hydrogen) atoms. The summed E-state index contributed by atoms with van der Waals surface area (Å²) in [5, 5.41) is 0. The lowest BCUT2D eigenvalue weighted by Gasteiger charge is -2.42. The van der Waals surface area contributed by atoms with E-state index in [0.29, 0.717) is 12.1 Å². The van der Waals surface area contributed by atoms with E-state index in [9.17, 15) is 0 Å². The average Bonchev–Trinajstić information content (AvgIpc) is 2.49. The van der Waals surface area contributed by atoms with Crippen LogP contribution >= 0.6 is 0 Å². The lowest BCUT2D eigenvalue weighted by atomic mass is 9.84. The number of ether oxygens (including phenoxy) is 1. The van der Waals surface area contributed by atoms with Crippen molar-refractivity contribution in [3.05, 3.63) is 0 Å². The zero-order valence-corrected chi connectivity index (χ0v) is 14.7. The van der Waals surface area contributed by atoms with Gasteiger partial charge < -0.3 is 4.74 Å². The maximum atomic E-state index is 5.47. The van der Waals surface area contributed by atoms with Crippen molar-refractivity contribution in [2.75, 3.05) is 33.3 Å². The van der Waals surface area contributed by atoms with E-state index in [0.717, 1.165) is 12.0 Å². The third-order valence-corrected chi connectivity index (χ3v) is 5.71. The number of hydrogen-bond acceptors (Lipinski definition) is 3. The Bertz CT molecular complexity index is 287. The van der Waals surface area contributed by atoms with Crippen LogP contribution in [0.15, 0.2) is 0 Å². The topological polar surface area (TPSA) is 15.7 Å². The van der Waals surface area contributed by atoms with Crippen LogP contribution in [0.25, 0.3) is 0 Å². The first kappa shape index (κ1) is 17.2. The molecule has 1 saturated carbocycles. The first-order valence-corrected chi connectivity index (χ1v) is 9.11. The predicted octanol–water partition coefficient (Wildman–Crippen LogP) is 3.39. The van der Waals surface area contributed by atoms with Crippen LogP contribution in [0.5, 0.6) is 0 Å². The van der Waals surface area contributed by atoms with E-state index < -0.39 is 0 Å². The van der Waals surface area contributed by atoms with Gasteiger partial charge in [0, 0.05) is 38.8 Å². The summed E-state index contributed by atoms with van der Waals surface area (Å²) in [6.45, 7) is 12.1. The van der Waals surface area contributed by atoms with E-state index in [1.165, 1.54) is 64.7 Å². The zero-order chi connectivity index (χ0) is 15.2. The maximum Gasteiger partial charge on any atom is 0.0571 e. The summed E-state index contributed by atoms with van der Waals surface area (Å²) in [5.41, 5.74) is 0. The number of piperazine rings is 1. The van der Waals surface area contributed by atoms with Crippen LogP contribution in [-0.2, 0) is 4.74 Å². The summed E-state index contributed by atoms with van der Waals surface area (Å²) in [7, 11) is 1.86. The molecule has 1 saturated heterocycles. The van der Waals surface area contributed by atoms with Crippen LogP contribution in [0, 0.1) is 5.92 Å². The molecule has 2 aliphatic rings. The van der Waals surface area contributed by atoms with Crippen LogP contribution in [0.2, 0.25) is 0 Å². The first-order valence-electron chi connectivity index (χ1n) is 9.11. The van der Waals surface area contributed by atoms with Gasteiger partial charge >= 0.3 is 0 Å². The highest BCUT2D eigenvalue weighted by Crippen LogP contribution is 2.29. The molecule has 0 bridgehead atoms. The average molecular weight is 296 g/mol. The smallest absolute Gasteiger partial charge is 0.0571 e.